The highest BCUT2D eigenvalue weighted by molar-refractivity contribution is 6.33. The van der Waals surface area contributed by atoms with Crippen LogP contribution in [0.15, 0.2) is 72.8 Å². The number of anilines is 2. The van der Waals surface area contributed by atoms with Gasteiger partial charge in [0.15, 0.2) is 6.61 Å². The lowest BCUT2D eigenvalue weighted by molar-refractivity contribution is -0.118. The molecule has 5 nitrogen and oxygen atoms in total. The van der Waals surface area contributed by atoms with E-state index in [1.165, 1.54) is 0 Å². The van der Waals surface area contributed by atoms with Crippen LogP contribution in [0.25, 0.3) is 0 Å². The maximum Gasteiger partial charge on any atom is 0.262 e. The summed E-state index contributed by atoms with van der Waals surface area (Å²) >= 11 is 6.02. The van der Waals surface area contributed by atoms with E-state index in [1.54, 1.807) is 48.5 Å². The van der Waals surface area contributed by atoms with Gasteiger partial charge >= 0.3 is 0 Å². The first-order chi connectivity index (χ1) is 14.1. The van der Waals surface area contributed by atoms with Crippen LogP contribution in [0, 0.1) is 0 Å². The number of amides is 2. The fourth-order valence-electron chi connectivity index (χ4n) is 2.75. The van der Waals surface area contributed by atoms with Gasteiger partial charge in [0.2, 0.25) is 0 Å². The molecular formula is C23H21ClN2O3. The van der Waals surface area contributed by atoms with Crippen molar-refractivity contribution in [2.24, 2.45) is 0 Å². The Labute approximate surface area is 174 Å². The van der Waals surface area contributed by atoms with Crippen molar-refractivity contribution in [1.82, 2.24) is 0 Å². The second-order valence-corrected chi connectivity index (χ2v) is 6.71. The Morgan fingerprint density at radius 3 is 2.21 bits per heavy atom. The van der Waals surface area contributed by atoms with Crippen molar-refractivity contribution in [3.8, 4) is 5.75 Å². The van der Waals surface area contributed by atoms with Crippen LogP contribution in [0.5, 0.6) is 5.75 Å². The van der Waals surface area contributed by atoms with Crippen LogP contribution < -0.4 is 15.4 Å². The summed E-state index contributed by atoms with van der Waals surface area (Å²) in [7, 11) is 0. The molecule has 0 aliphatic heterocycles. The monoisotopic (exact) mass is 408 g/mol. The third-order valence-corrected chi connectivity index (χ3v) is 4.61. The molecule has 0 radical (unpaired) electrons. The number of halogens is 1. The number of ether oxygens (including phenoxy) is 1. The summed E-state index contributed by atoms with van der Waals surface area (Å²) in [6, 6.07) is 21.3. The van der Waals surface area contributed by atoms with E-state index in [-0.39, 0.29) is 18.4 Å². The lowest BCUT2D eigenvalue weighted by Crippen LogP contribution is -2.20. The summed E-state index contributed by atoms with van der Waals surface area (Å²) in [5.41, 5.74) is 2.91. The van der Waals surface area contributed by atoms with Crippen molar-refractivity contribution in [3.63, 3.8) is 0 Å². The number of rotatable bonds is 7. The van der Waals surface area contributed by atoms with Crippen molar-refractivity contribution in [2.45, 2.75) is 13.3 Å². The topological polar surface area (TPSA) is 67.4 Å². The van der Waals surface area contributed by atoms with Gasteiger partial charge in [0.25, 0.3) is 11.8 Å². The molecule has 2 amide bonds. The molecule has 0 bridgehead atoms. The molecule has 0 saturated heterocycles. The Morgan fingerprint density at radius 1 is 0.862 bits per heavy atom. The van der Waals surface area contributed by atoms with Crippen molar-refractivity contribution in [3.05, 3.63) is 88.9 Å². The Balaban J connectivity index is 1.55. The zero-order chi connectivity index (χ0) is 20.6. The highest BCUT2D eigenvalue weighted by Crippen LogP contribution is 2.21. The van der Waals surface area contributed by atoms with E-state index in [0.717, 1.165) is 17.7 Å². The Bertz CT molecular complexity index is 1000. The smallest absolute Gasteiger partial charge is 0.262 e. The molecule has 2 N–H and O–H groups in total. The number of carbonyl (C=O) groups is 2. The first-order valence-corrected chi connectivity index (χ1v) is 9.61. The summed E-state index contributed by atoms with van der Waals surface area (Å²) < 4.78 is 5.48. The van der Waals surface area contributed by atoms with Crippen molar-refractivity contribution < 1.29 is 14.3 Å². The van der Waals surface area contributed by atoms with E-state index >= 15 is 0 Å². The summed E-state index contributed by atoms with van der Waals surface area (Å²) in [5, 5.41) is 6.07. The average molecular weight is 409 g/mol. The molecule has 3 aromatic rings. The standard InChI is InChI=1S/C23H21ClN2O3/c1-2-16-7-3-5-9-20(16)26-23(28)17-11-13-18(14-12-17)29-15-22(27)25-21-10-6-4-8-19(21)24/h3-14H,2,15H2,1H3,(H,25,27)(H,26,28). The normalized spacial score (nSPS) is 10.3. The predicted molar refractivity (Wildman–Crippen MR) is 116 cm³/mol. The number of aryl methyl sites for hydroxylation is 1. The van der Waals surface area contributed by atoms with E-state index in [9.17, 15) is 9.59 Å². The van der Waals surface area contributed by atoms with E-state index in [4.69, 9.17) is 16.3 Å². The zero-order valence-corrected chi connectivity index (χ0v) is 16.7. The van der Waals surface area contributed by atoms with Gasteiger partial charge in [-0.15, -0.1) is 0 Å². The number of hydrogen-bond acceptors (Lipinski definition) is 3. The Morgan fingerprint density at radius 2 is 1.52 bits per heavy atom. The van der Waals surface area contributed by atoms with Gasteiger partial charge in [0.1, 0.15) is 5.75 Å². The highest BCUT2D eigenvalue weighted by atomic mass is 35.5. The molecular weight excluding hydrogens is 388 g/mol. The molecule has 3 rings (SSSR count). The number of benzene rings is 3. The summed E-state index contributed by atoms with van der Waals surface area (Å²) in [5.74, 6) is -0.0326. The van der Waals surface area contributed by atoms with Crippen LogP contribution >= 0.6 is 11.6 Å². The summed E-state index contributed by atoms with van der Waals surface area (Å²) in [6.45, 7) is 1.87. The largest absolute Gasteiger partial charge is 0.484 e. The van der Waals surface area contributed by atoms with Gasteiger partial charge in [0, 0.05) is 11.3 Å². The van der Waals surface area contributed by atoms with Crippen LogP contribution in [-0.2, 0) is 11.2 Å². The second kappa shape index (κ2) is 9.75. The summed E-state index contributed by atoms with van der Waals surface area (Å²) in [6.07, 6.45) is 0.833. The number of hydrogen-bond donors (Lipinski definition) is 2. The maximum atomic E-state index is 12.5. The van der Waals surface area contributed by atoms with Crippen LogP contribution in [0.2, 0.25) is 5.02 Å². The summed E-state index contributed by atoms with van der Waals surface area (Å²) in [4.78, 5) is 24.5. The molecule has 148 valence electrons. The molecule has 0 fully saturated rings. The minimum atomic E-state index is -0.323. The fourth-order valence-corrected chi connectivity index (χ4v) is 2.93. The minimum absolute atomic E-state index is 0.166. The Kier molecular flexibility index (Phi) is 6.87. The Hall–Kier alpha value is -3.31. The third kappa shape index (κ3) is 5.59. The molecule has 0 aliphatic carbocycles. The second-order valence-electron chi connectivity index (χ2n) is 6.31. The van der Waals surface area contributed by atoms with Gasteiger partial charge in [-0.2, -0.15) is 0 Å². The van der Waals surface area contributed by atoms with Crippen LogP contribution in [0.3, 0.4) is 0 Å². The predicted octanol–water partition coefficient (Wildman–Crippen LogP) is 5.17. The van der Waals surface area contributed by atoms with E-state index in [1.807, 2.05) is 31.2 Å². The molecule has 6 heteroatoms. The number of nitrogens with one attached hydrogen (secondary N) is 2. The molecule has 3 aromatic carbocycles. The first-order valence-electron chi connectivity index (χ1n) is 9.23. The lowest BCUT2D eigenvalue weighted by Gasteiger charge is -2.11. The quantitative estimate of drug-likeness (QED) is 0.566. The SMILES string of the molecule is CCc1ccccc1NC(=O)c1ccc(OCC(=O)Nc2ccccc2Cl)cc1. The molecule has 0 aliphatic rings. The van der Waals surface area contributed by atoms with Gasteiger partial charge in [0.05, 0.1) is 10.7 Å². The van der Waals surface area contributed by atoms with E-state index in [0.29, 0.717) is 22.0 Å². The third-order valence-electron chi connectivity index (χ3n) is 4.28. The molecule has 0 unspecified atom stereocenters. The molecule has 0 atom stereocenters. The zero-order valence-electron chi connectivity index (χ0n) is 15.9. The molecule has 0 aromatic heterocycles. The van der Waals surface area contributed by atoms with Gasteiger partial charge in [-0.1, -0.05) is 48.9 Å². The van der Waals surface area contributed by atoms with Crippen molar-refractivity contribution in [2.75, 3.05) is 17.2 Å². The van der Waals surface area contributed by atoms with Crippen molar-refractivity contribution >= 4 is 34.8 Å². The van der Waals surface area contributed by atoms with E-state index in [2.05, 4.69) is 10.6 Å². The average Bonchev–Trinajstić information content (AvgIpc) is 2.74. The molecule has 0 spiro atoms. The van der Waals surface area contributed by atoms with Gasteiger partial charge in [-0.25, -0.2) is 0 Å². The number of para-hydroxylation sites is 2. The van der Waals surface area contributed by atoms with Crippen LogP contribution in [0.4, 0.5) is 11.4 Å². The lowest BCUT2D eigenvalue weighted by atomic mass is 10.1. The first kappa shape index (κ1) is 20.4. The highest BCUT2D eigenvalue weighted by Gasteiger charge is 2.10. The van der Waals surface area contributed by atoms with Gasteiger partial charge in [-0.05, 0) is 54.4 Å². The van der Waals surface area contributed by atoms with Gasteiger partial charge < -0.3 is 15.4 Å². The number of carbonyl (C=O) groups excluding carboxylic acids is 2. The maximum absolute atomic E-state index is 12.5. The fraction of sp³-hybridized carbons (Fsp3) is 0.130. The van der Waals surface area contributed by atoms with E-state index < -0.39 is 0 Å². The molecule has 0 saturated carbocycles. The van der Waals surface area contributed by atoms with Crippen molar-refractivity contribution in [1.29, 1.82) is 0 Å². The van der Waals surface area contributed by atoms with Crippen LogP contribution in [-0.4, -0.2) is 18.4 Å². The van der Waals surface area contributed by atoms with Crippen LogP contribution in [0.1, 0.15) is 22.8 Å². The molecule has 29 heavy (non-hydrogen) atoms. The minimum Gasteiger partial charge on any atom is -0.484 e. The molecule has 0 heterocycles. The van der Waals surface area contributed by atoms with Gasteiger partial charge in [-0.3, -0.25) is 9.59 Å².